The summed E-state index contributed by atoms with van der Waals surface area (Å²) >= 11 is 0. The third-order valence-electron chi connectivity index (χ3n) is 4.24. The average molecular weight is 256 g/mol. The Hall–Kier alpha value is -2.61. The number of aryl methyl sites for hydroxylation is 1. The van der Waals surface area contributed by atoms with Crippen LogP contribution >= 0.6 is 0 Å². The normalized spacial score (nSPS) is 12.2. The Labute approximate surface area is 115 Å². The molecule has 0 saturated carbocycles. The maximum Gasteiger partial charge on any atom is 0.0724 e. The Bertz CT molecular complexity index is 1020. The molecule has 5 aromatic rings. The van der Waals surface area contributed by atoms with Crippen molar-refractivity contribution in [1.82, 2.24) is 9.38 Å². The first-order chi connectivity index (χ1) is 9.84. The predicted octanol–water partition coefficient (Wildman–Crippen LogP) is 4.54. The van der Waals surface area contributed by atoms with Crippen molar-refractivity contribution < 1.29 is 0 Å². The van der Waals surface area contributed by atoms with E-state index in [1.165, 1.54) is 43.7 Å². The highest BCUT2D eigenvalue weighted by Gasteiger charge is 2.16. The number of hydrogen-bond acceptors (Lipinski definition) is 1. The summed E-state index contributed by atoms with van der Waals surface area (Å²) in [5.74, 6) is 0. The lowest BCUT2D eigenvalue weighted by Crippen LogP contribution is -1.80. The molecule has 0 amide bonds. The van der Waals surface area contributed by atoms with Crippen molar-refractivity contribution in [1.29, 1.82) is 0 Å². The summed E-state index contributed by atoms with van der Waals surface area (Å²) in [5, 5.41) is 5.27. The van der Waals surface area contributed by atoms with Crippen LogP contribution < -0.4 is 0 Å². The van der Waals surface area contributed by atoms with Crippen molar-refractivity contribution in [3.05, 3.63) is 60.4 Å². The maximum atomic E-state index is 4.31. The van der Waals surface area contributed by atoms with Gasteiger partial charge in [0.05, 0.1) is 22.7 Å². The van der Waals surface area contributed by atoms with Crippen LogP contribution in [0.25, 0.3) is 38.1 Å². The Kier molecular flexibility index (Phi) is 1.68. The molecule has 0 aliphatic rings. The van der Waals surface area contributed by atoms with Gasteiger partial charge < -0.3 is 4.40 Å². The Balaban J connectivity index is 2.30. The van der Waals surface area contributed by atoms with Crippen molar-refractivity contribution in [2.45, 2.75) is 6.92 Å². The zero-order chi connectivity index (χ0) is 13.3. The van der Waals surface area contributed by atoms with E-state index < -0.39 is 0 Å². The van der Waals surface area contributed by atoms with Crippen LogP contribution in [0.5, 0.6) is 0 Å². The highest BCUT2D eigenvalue weighted by atomic mass is 14.9. The van der Waals surface area contributed by atoms with E-state index in [0.717, 1.165) is 0 Å². The van der Waals surface area contributed by atoms with Gasteiger partial charge in [0, 0.05) is 27.7 Å². The fourth-order valence-corrected chi connectivity index (χ4v) is 3.49. The third-order valence-corrected chi connectivity index (χ3v) is 4.24. The molecule has 94 valence electrons. The second kappa shape index (κ2) is 3.28. The summed E-state index contributed by atoms with van der Waals surface area (Å²) in [6, 6.07) is 15.3. The van der Waals surface area contributed by atoms with Crippen LogP contribution in [-0.4, -0.2) is 9.38 Å². The molecule has 0 atom stereocenters. The van der Waals surface area contributed by atoms with Gasteiger partial charge in [-0.05, 0) is 36.8 Å². The Morgan fingerprint density at radius 2 is 1.60 bits per heavy atom. The summed E-state index contributed by atoms with van der Waals surface area (Å²) in [5.41, 5.74) is 5.08. The fourth-order valence-electron chi connectivity index (χ4n) is 3.49. The molecular weight excluding hydrogens is 244 g/mol. The zero-order valence-corrected chi connectivity index (χ0v) is 11.1. The average Bonchev–Trinajstić information content (AvgIpc) is 2.98. The molecular formula is C18H12N2. The molecule has 0 saturated heterocycles. The van der Waals surface area contributed by atoms with Crippen molar-refractivity contribution in [2.75, 3.05) is 0 Å². The van der Waals surface area contributed by atoms with Gasteiger partial charge in [0.2, 0.25) is 0 Å². The number of aromatic nitrogens is 2. The van der Waals surface area contributed by atoms with Crippen LogP contribution in [0.4, 0.5) is 0 Å². The SMILES string of the molecule is Cc1cc2c3ccccc3n3c4cnccc4c(c1)c23. The van der Waals surface area contributed by atoms with Gasteiger partial charge in [-0.2, -0.15) is 0 Å². The molecule has 3 aromatic heterocycles. The Morgan fingerprint density at radius 1 is 0.850 bits per heavy atom. The molecule has 5 rings (SSSR count). The lowest BCUT2D eigenvalue weighted by molar-refractivity contribution is 1.30. The molecule has 3 heterocycles. The standard InChI is InChI=1S/C18H12N2/c1-11-8-14-12-4-2-3-5-16(12)20-17-10-19-7-6-13(17)15(9-11)18(14)20/h2-10H,1H3. The predicted molar refractivity (Wildman–Crippen MR) is 83.6 cm³/mol. The number of hydrogen-bond donors (Lipinski definition) is 0. The van der Waals surface area contributed by atoms with E-state index in [-0.39, 0.29) is 0 Å². The molecule has 2 heteroatoms. The number of nitrogens with zero attached hydrogens (tertiary/aromatic N) is 2. The molecule has 2 nitrogen and oxygen atoms in total. The van der Waals surface area contributed by atoms with E-state index in [1.54, 1.807) is 0 Å². The minimum atomic E-state index is 1.19. The maximum absolute atomic E-state index is 4.31. The van der Waals surface area contributed by atoms with Crippen molar-refractivity contribution in [2.24, 2.45) is 0 Å². The van der Waals surface area contributed by atoms with Crippen molar-refractivity contribution >= 4 is 38.1 Å². The van der Waals surface area contributed by atoms with Gasteiger partial charge in [-0.1, -0.05) is 18.2 Å². The number of rotatable bonds is 0. The molecule has 2 aromatic carbocycles. The molecule has 0 aliphatic heterocycles. The van der Waals surface area contributed by atoms with E-state index in [2.05, 4.69) is 58.8 Å². The van der Waals surface area contributed by atoms with E-state index in [4.69, 9.17) is 0 Å². The van der Waals surface area contributed by atoms with Gasteiger partial charge in [-0.25, -0.2) is 0 Å². The number of pyridine rings is 1. The van der Waals surface area contributed by atoms with E-state index in [9.17, 15) is 0 Å². The molecule has 0 aliphatic carbocycles. The van der Waals surface area contributed by atoms with Crippen LogP contribution in [0.15, 0.2) is 54.9 Å². The van der Waals surface area contributed by atoms with Crippen LogP contribution in [-0.2, 0) is 0 Å². The quantitative estimate of drug-likeness (QED) is 0.397. The monoisotopic (exact) mass is 256 g/mol. The first-order valence-electron chi connectivity index (χ1n) is 6.83. The largest absolute Gasteiger partial charge is 0.306 e. The van der Waals surface area contributed by atoms with E-state index in [1.807, 2.05) is 12.4 Å². The van der Waals surface area contributed by atoms with Crippen LogP contribution in [0.1, 0.15) is 5.56 Å². The van der Waals surface area contributed by atoms with Gasteiger partial charge in [0.1, 0.15) is 0 Å². The van der Waals surface area contributed by atoms with Crippen molar-refractivity contribution in [3.63, 3.8) is 0 Å². The number of fused-ring (bicyclic) bond motifs is 6. The third kappa shape index (κ3) is 1.04. The van der Waals surface area contributed by atoms with E-state index in [0.29, 0.717) is 0 Å². The first-order valence-corrected chi connectivity index (χ1v) is 6.83. The minimum Gasteiger partial charge on any atom is -0.306 e. The summed E-state index contributed by atoms with van der Waals surface area (Å²) in [6.07, 6.45) is 3.85. The molecule has 0 radical (unpaired) electrons. The van der Waals surface area contributed by atoms with Gasteiger partial charge in [0.15, 0.2) is 0 Å². The summed E-state index contributed by atoms with van der Waals surface area (Å²) in [7, 11) is 0. The van der Waals surface area contributed by atoms with Crippen LogP contribution in [0.3, 0.4) is 0 Å². The van der Waals surface area contributed by atoms with Gasteiger partial charge in [-0.15, -0.1) is 0 Å². The summed E-state index contributed by atoms with van der Waals surface area (Å²) in [6.45, 7) is 2.17. The molecule has 0 fully saturated rings. The fraction of sp³-hybridized carbons (Fsp3) is 0.0556. The highest BCUT2D eigenvalue weighted by molar-refractivity contribution is 6.23. The molecule has 0 spiro atoms. The smallest absolute Gasteiger partial charge is 0.0724 e. The van der Waals surface area contributed by atoms with Crippen LogP contribution in [0, 0.1) is 6.92 Å². The minimum absolute atomic E-state index is 1.19. The van der Waals surface area contributed by atoms with Gasteiger partial charge in [-0.3, -0.25) is 4.98 Å². The summed E-state index contributed by atoms with van der Waals surface area (Å²) < 4.78 is 2.35. The van der Waals surface area contributed by atoms with Gasteiger partial charge in [0.25, 0.3) is 0 Å². The molecule has 20 heavy (non-hydrogen) atoms. The molecule has 0 N–H and O–H groups in total. The molecule has 0 unspecified atom stereocenters. The summed E-state index contributed by atoms with van der Waals surface area (Å²) in [4.78, 5) is 4.31. The lowest BCUT2D eigenvalue weighted by atomic mass is 10.1. The van der Waals surface area contributed by atoms with Crippen LogP contribution in [0.2, 0.25) is 0 Å². The number of benzene rings is 2. The van der Waals surface area contributed by atoms with E-state index >= 15 is 0 Å². The van der Waals surface area contributed by atoms with Gasteiger partial charge >= 0.3 is 0 Å². The second-order valence-electron chi connectivity index (χ2n) is 5.45. The van der Waals surface area contributed by atoms with Crippen molar-refractivity contribution in [3.8, 4) is 0 Å². The Morgan fingerprint density at radius 3 is 2.45 bits per heavy atom. The lowest BCUT2D eigenvalue weighted by Gasteiger charge is -1.97. The second-order valence-corrected chi connectivity index (χ2v) is 5.45. The highest BCUT2D eigenvalue weighted by Crippen LogP contribution is 2.38. The zero-order valence-electron chi connectivity index (χ0n) is 11.1. The topological polar surface area (TPSA) is 17.3 Å². The molecule has 0 bridgehead atoms. The number of para-hydroxylation sites is 1. The first kappa shape index (κ1) is 10.2.